The van der Waals surface area contributed by atoms with E-state index in [1.165, 1.54) is 19.3 Å². The summed E-state index contributed by atoms with van der Waals surface area (Å²) in [5.41, 5.74) is 1.90. The Morgan fingerprint density at radius 1 is 1.44 bits per heavy atom. The van der Waals surface area contributed by atoms with Gasteiger partial charge in [-0.3, -0.25) is 0 Å². The van der Waals surface area contributed by atoms with Crippen LogP contribution < -0.4 is 0 Å². The second-order valence-electron chi connectivity index (χ2n) is 6.32. The van der Waals surface area contributed by atoms with Gasteiger partial charge in [0.05, 0.1) is 12.7 Å². The molecule has 0 radical (unpaired) electrons. The fraction of sp³-hybridized carbons (Fsp3) is 0.857. The molecule has 2 fully saturated rings. The van der Waals surface area contributed by atoms with Crippen LogP contribution in [0.15, 0.2) is 12.2 Å². The van der Waals surface area contributed by atoms with Crippen LogP contribution in [0.3, 0.4) is 0 Å². The first-order valence-corrected chi connectivity index (χ1v) is 6.94. The summed E-state index contributed by atoms with van der Waals surface area (Å²) in [6.07, 6.45) is 4.38. The zero-order valence-corrected chi connectivity index (χ0v) is 11.6. The molecule has 0 aromatic carbocycles. The summed E-state index contributed by atoms with van der Waals surface area (Å²) in [5.74, 6) is 1.59. The Bertz CT molecular complexity index is 297. The molecule has 0 saturated heterocycles. The Kier molecular flexibility index (Phi) is 3.17. The van der Waals surface area contributed by atoms with Crippen molar-refractivity contribution in [3.63, 3.8) is 0 Å². The van der Waals surface area contributed by atoms with E-state index in [0.717, 1.165) is 17.2 Å². The van der Waals surface area contributed by atoms with Crippen molar-refractivity contribution in [2.45, 2.75) is 46.1 Å². The maximum atomic E-state index is 6.08. The molecule has 0 spiro atoms. The van der Waals surface area contributed by atoms with Crippen LogP contribution in [0.4, 0.5) is 0 Å². The Labute approximate surface area is 105 Å². The molecule has 16 heavy (non-hydrogen) atoms. The zero-order chi connectivity index (χ0) is 12.0. The lowest BCUT2D eigenvalue weighted by Crippen LogP contribution is -2.37. The van der Waals surface area contributed by atoms with E-state index >= 15 is 0 Å². The van der Waals surface area contributed by atoms with E-state index in [-0.39, 0.29) is 0 Å². The largest absolute Gasteiger partial charge is 0.373 e. The van der Waals surface area contributed by atoms with Crippen LogP contribution in [-0.4, -0.2) is 18.5 Å². The van der Waals surface area contributed by atoms with Gasteiger partial charge in [-0.05, 0) is 41.6 Å². The van der Waals surface area contributed by atoms with Crippen LogP contribution in [-0.2, 0) is 4.74 Å². The Hall–Kier alpha value is 0.0500. The number of ether oxygens (including phenoxy) is 1. The minimum atomic E-state index is 0.370. The van der Waals surface area contributed by atoms with E-state index in [9.17, 15) is 0 Å². The summed E-state index contributed by atoms with van der Waals surface area (Å²) in [7, 11) is 0. The van der Waals surface area contributed by atoms with E-state index < -0.39 is 0 Å². The van der Waals surface area contributed by atoms with Crippen molar-refractivity contribution in [3.05, 3.63) is 12.2 Å². The Balaban J connectivity index is 2.02. The summed E-state index contributed by atoms with van der Waals surface area (Å²) in [4.78, 5) is 0. The second kappa shape index (κ2) is 4.06. The highest BCUT2D eigenvalue weighted by Crippen LogP contribution is 2.66. The fourth-order valence-corrected chi connectivity index (χ4v) is 3.74. The molecule has 92 valence electrons. The maximum absolute atomic E-state index is 6.08. The first kappa shape index (κ1) is 12.5. The summed E-state index contributed by atoms with van der Waals surface area (Å²) in [6.45, 7) is 11.9. The number of hydrogen-bond acceptors (Lipinski definition) is 2. The molecule has 0 amide bonds. The molecule has 2 bridgehead atoms. The average molecular weight is 240 g/mol. The Morgan fingerprint density at radius 3 is 2.56 bits per heavy atom. The Morgan fingerprint density at radius 2 is 2.12 bits per heavy atom. The van der Waals surface area contributed by atoms with Gasteiger partial charge in [-0.1, -0.05) is 27.4 Å². The SMILES string of the molecule is C=C(CS)COC1CC2CCC1(C)C2(C)C. The van der Waals surface area contributed by atoms with Gasteiger partial charge in [-0.2, -0.15) is 12.6 Å². The smallest absolute Gasteiger partial charge is 0.0686 e. The number of thiol groups is 1. The lowest BCUT2D eigenvalue weighted by Gasteiger charge is -2.39. The van der Waals surface area contributed by atoms with E-state index in [2.05, 4.69) is 40.0 Å². The molecule has 0 N–H and O–H groups in total. The van der Waals surface area contributed by atoms with Crippen LogP contribution >= 0.6 is 12.6 Å². The highest BCUT2D eigenvalue weighted by molar-refractivity contribution is 7.80. The molecular formula is C14H24OS. The van der Waals surface area contributed by atoms with Crippen LogP contribution in [0.1, 0.15) is 40.0 Å². The first-order valence-electron chi connectivity index (χ1n) is 6.31. The van der Waals surface area contributed by atoms with E-state index in [0.29, 0.717) is 23.5 Å². The third kappa shape index (κ3) is 1.65. The molecule has 1 nitrogen and oxygen atoms in total. The maximum Gasteiger partial charge on any atom is 0.0686 e. The third-order valence-electron chi connectivity index (χ3n) is 5.43. The van der Waals surface area contributed by atoms with Gasteiger partial charge in [0, 0.05) is 5.75 Å². The van der Waals surface area contributed by atoms with Gasteiger partial charge in [-0.25, -0.2) is 0 Å². The number of fused-ring (bicyclic) bond motifs is 2. The van der Waals surface area contributed by atoms with E-state index in [1.807, 2.05) is 0 Å². The van der Waals surface area contributed by atoms with Crippen molar-refractivity contribution in [2.75, 3.05) is 12.4 Å². The van der Waals surface area contributed by atoms with Crippen LogP contribution in [0, 0.1) is 16.7 Å². The summed E-state index contributed by atoms with van der Waals surface area (Å²) in [6, 6.07) is 0. The monoisotopic (exact) mass is 240 g/mol. The van der Waals surface area contributed by atoms with Gasteiger partial charge in [0.25, 0.3) is 0 Å². The van der Waals surface area contributed by atoms with Gasteiger partial charge in [-0.15, -0.1) is 0 Å². The molecule has 2 heteroatoms. The molecule has 0 aliphatic heterocycles. The van der Waals surface area contributed by atoms with Crippen molar-refractivity contribution >= 4 is 12.6 Å². The average Bonchev–Trinajstić information content (AvgIpc) is 2.58. The summed E-state index contributed by atoms with van der Waals surface area (Å²) in [5, 5.41) is 0. The molecule has 0 heterocycles. The van der Waals surface area contributed by atoms with E-state index in [1.54, 1.807) is 0 Å². The van der Waals surface area contributed by atoms with Gasteiger partial charge in [0.15, 0.2) is 0 Å². The van der Waals surface area contributed by atoms with Gasteiger partial charge >= 0.3 is 0 Å². The normalized spacial score (nSPS) is 40.2. The van der Waals surface area contributed by atoms with Crippen molar-refractivity contribution in [2.24, 2.45) is 16.7 Å². The van der Waals surface area contributed by atoms with Crippen molar-refractivity contribution in [1.29, 1.82) is 0 Å². The molecule has 0 aromatic heterocycles. The zero-order valence-electron chi connectivity index (χ0n) is 10.8. The standard InChI is InChI=1S/C14H24OS/c1-10(9-16)8-15-12-7-11-5-6-14(12,4)13(11,2)3/h11-12,16H,1,5-9H2,2-4H3. The number of rotatable bonds is 4. The molecule has 3 unspecified atom stereocenters. The molecular weight excluding hydrogens is 216 g/mol. The molecule has 2 rings (SSSR count). The molecule has 0 aromatic rings. The summed E-state index contributed by atoms with van der Waals surface area (Å²) >= 11 is 4.22. The second-order valence-corrected chi connectivity index (χ2v) is 6.63. The number of hydrogen-bond donors (Lipinski definition) is 1. The highest BCUT2D eigenvalue weighted by atomic mass is 32.1. The lowest BCUT2D eigenvalue weighted by atomic mass is 9.70. The van der Waals surface area contributed by atoms with Gasteiger partial charge < -0.3 is 4.74 Å². The van der Waals surface area contributed by atoms with Gasteiger partial charge in [0.2, 0.25) is 0 Å². The first-order chi connectivity index (χ1) is 7.41. The van der Waals surface area contributed by atoms with Crippen LogP contribution in [0.5, 0.6) is 0 Å². The van der Waals surface area contributed by atoms with Crippen LogP contribution in [0.2, 0.25) is 0 Å². The fourth-order valence-electron chi connectivity index (χ4n) is 3.65. The van der Waals surface area contributed by atoms with Crippen molar-refractivity contribution in [3.8, 4) is 0 Å². The lowest BCUT2D eigenvalue weighted by molar-refractivity contribution is -0.0373. The quantitative estimate of drug-likeness (QED) is 0.582. The third-order valence-corrected chi connectivity index (χ3v) is 5.87. The van der Waals surface area contributed by atoms with Crippen LogP contribution in [0.25, 0.3) is 0 Å². The molecule has 2 aliphatic rings. The molecule has 2 aliphatic carbocycles. The predicted octanol–water partition coefficient (Wildman–Crippen LogP) is 3.70. The minimum Gasteiger partial charge on any atom is -0.373 e. The summed E-state index contributed by atoms with van der Waals surface area (Å²) < 4.78 is 6.08. The van der Waals surface area contributed by atoms with Crippen molar-refractivity contribution in [1.82, 2.24) is 0 Å². The topological polar surface area (TPSA) is 9.23 Å². The molecule has 3 atom stereocenters. The highest BCUT2D eigenvalue weighted by Gasteiger charge is 2.61. The minimum absolute atomic E-state index is 0.370. The predicted molar refractivity (Wildman–Crippen MR) is 72.0 cm³/mol. The van der Waals surface area contributed by atoms with E-state index in [4.69, 9.17) is 4.74 Å². The van der Waals surface area contributed by atoms with Crippen molar-refractivity contribution < 1.29 is 4.74 Å². The van der Waals surface area contributed by atoms with Gasteiger partial charge in [0.1, 0.15) is 0 Å². The molecule has 2 saturated carbocycles.